The first-order valence-corrected chi connectivity index (χ1v) is 13.6. The van der Waals surface area contributed by atoms with Crippen LogP contribution in [-0.2, 0) is 11.2 Å². The van der Waals surface area contributed by atoms with E-state index >= 15 is 0 Å². The molecule has 0 saturated carbocycles. The van der Waals surface area contributed by atoms with Crippen molar-refractivity contribution in [2.24, 2.45) is 0 Å². The molecule has 4 aromatic rings. The monoisotopic (exact) mass is 515 g/mol. The van der Waals surface area contributed by atoms with Crippen LogP contribution in [0.4, 0.5) is 17.3 Å². The lowest BCUT2D eigenvalue weighted by molar-refractivity contribution is -0.130. The molecule has 1 aliphatic carbocycles. The molecule has 6 nitrogen and oxygen atoms in total. The number of amides is 1. The number of fused-ring (bicyclic) bond motifs is 1. The summed E-state index contributed by atoms with van der Waals surface area (Å²) in [5.41, 5.74) is 8.47. The van der Waals surface area contributed by atoms with E-state index in [1.165, 1.54) is 33.4 Å². The number of aryl methyl sites for hydroxylation is 1. The Hall–Kier alpha value is -4.45. The van der Waals surface area contributed by atoms with E-state index in [0.29, 0.717) is 19.5 Å². The molecule has 1 aliphatic heterocycles. The molecule has 6 rings (SSSR count). The first-order valence-electron chi connectivity index (χ1n) is 13.6. The number of anilines is 3. The molecular weight excluding hydrogens is 482 g/mol. The molecule has 39 heavy (non-hydrogen) atoms. The van der Waals surface area contributed by atoms with Gasteiger partial charge in [-0.25, -0.2) is 9.97 Å². The summed E-state index contributed by atoms with van der Waals surface area (Å²) in [5, 5.41) is 0. The number of aromatic nitrogens is 2. The molecule has 196 valence electrons. The third-order valence-corrected chi connectivity index (χ3v) is 7.85. The van der Waals surface area contributed by atoms with Gasteiger partial charge >= 0.3 is 0 Å². The van der Waals surface area contributed by atoms with Crippen molar-refractivity contribution in [1.82, 2.24) is 14.9 Å². The molecular formula is C33H33N5O. The number of hydrogen-bond donors (Lipinski definition) is 0. The zero-order valence-corrected chi connectivity index (χ0v) is 22.5. The largest absolute Gasteiger partial charge is 0.353 e. The Kier molecular flexibility index (Phi) is 6.84. The molecule has 1 aromatic heterocycles. The van der Waals surface area contributed by atoms with Gasteiger partial charge < -0.3 is 14.7 Å². The van der Waals surface area contributed by atoms with Gasteiger partial charge in [-0.05, 0) is 58.9 Å². The molecule has 0 bridgehead atoms. The smallest absolute Gasteiger partial charge is 0.227 e. The number of carbonyl (C=O) groups excluding carboxylic acids is 1. The summed E-state index contributed by atoms with van der Waals surface area (Å²) in [6.07, 6.45) is 2.94. The van der Waals surface area contributed by atoms with Crippen molar-refractivity contribution in [2.75, 3.05) is 43.0 Å². The van der Waals surface area contributed by atoms with Gasteiger partial charge in [0.1, 0.15) is 18.0 Å². The lowest BCUT2D eigenvalue weighted by Gasteiger charge is -2.36. The van der Waals surface area contributed by atoms with Crippen molar-refractivity contribution in [2.45, 2.75) is 19.8 Å². The first kappa shape index (κ1) is 24.9. The predicted octanol–water partition coefficient (Wildman–Crippen LogP) is 5.76. The van der Waals surface area contributed by atoms with E-state index < -0.39 is 0 Å². The highest BCUT2D eigenvalue weighted by Crippen LogP contribution is 2.40. The molecule has 1 fully saturated rings. The Morgan fingerprint density at radius 2 is 1.64 bits per heavy atom. The maximum Gasteiger partial charge on any atom is 0.227 e. The summed E-state index contributed by atoms with van der Waals surface area (Å²) in [7, 11) is 2.02. The summed E-state index contributed by atoms with van der Waals surface area (Å²) in [5.74, 6) is 1.94. The lowest BCUT2D eigenvalue weighted by atomic mass is 9.97. The van der Waals surface area contributed by atoms with Crippen LogP contribution in [0, 0.1) is 6.92 Å². The Bertz CT molecular complexity index is 1520. The van der Waals surface area contributed by atoms with Crippen LogP contribution in [0.5, 0.6) is 0 Å². The normalized spacial score (nSPS) is 14.9. The minimum atomic E-state index is 0.192. The average Bonchev–Trinajstić information content (AvgIpc) is 3.35. The predicted molar refractivity (Wildman–Crippen MR) is 158 cm³/mol. The quantitative estimate of drug-likeness (QED) is 0.327. The van der Waals surface area contributed by atoms with Crippen molar-refractivity contribution in [3.05, 3.63) is 114 Å². The maximum absolute atomic E-state index is 13.6. The van der Waals surface area contributed by atoms with Crippen LogP contribution in [0.2, 0.25) is 0 Å². The molecule has 1 amide bonds. The number of nitrogens with zero attached hydrogens (tertiary/aromatic N) is 5. The Morgan fingerprint density at radius 3 is 2.44 bits per heavy atom. The van der Waals surface area contributed by atoms with Crippen LogP contribution in [0.3, 0.4) is 0 Å². The van der Waals surface area contributed by atoms with Gasteiger partial charge in [-0.1, -0.05) is 66.7 Å². The van der Waals surface area contributed by atoms with E-state index in [1.807, 2.05) is 24.1 Å². The minimum absolute atomic E-state index is 0.192. The van der Waals surface area contributed by atoms with Crippen molar-refractivity contribution in [3.8, 4) is 0 Å². The van der Waals surface area contributed by atoms with Crippen LogP contribution in [0.1, 0.15) is 28.7 Å². The number of rotatable bonds is 6. The highest BCUT2D eigenvalue weighted by Gasteiger charge is 2.28. The minimum Gasteiger partial charge on any atom is -0.353 e. The number of benzene rings is 3. The summed E-state index contributed by atoms with van der Waals surface area (Å²) in [6, 6.07) is 29.4. The van der Waals surface area contributed by atoms with Gasteiger partial charge in [0, 0.05) is 45.0 Å². The summed E-state index contributed by atoms with van der Waals surface area (Å²) >= 11 is 0. The second-order valence-corrected chi connectivity index (χ2v) is 10.3. The molecule has 0 atom stereocenters. The lowest BCUT2D eigenvalue weighted by Crippen LogP contribution is -2.49. The molecule has 0 N–H and O–H groups in total. The molecule has 6 heteroatoms. The number of piperazine rings is 1. The van der Waals surface area contributed by atoms with Crippen LogP contribution in [0.15, 0.2) is 91.3 Å². The molecule has 2 aliphatic rings. The highest BCUT2D eigenvalue weighted by molar-refractivity contribution is 6.03. The van der Waals surface area contributed by atoms with E-state index in [1.54, 1.807) is 6.33 Å². The van der Waals surface area contributed by atoms with Gasteiger partial charge in [0.15, 0.2) is 0 Å². The van der Waals surface area contributed by atoms with Crippen molar-refractivity contribution in [1.29, 1.82) is 0 Å². The van der Waals surface area contributed by atoms with Crippen LogP contribution in [0.25, 0.3) is 11.1 Å². The standard InChI is InChI=1S/C33H33N5O/c1-24-9-8-13-27(19-24)36(2)31-22-32(35-23-34-31)37-15-17-38(18-16-37)33(39)21-30-28-14-7-6-12-26(28)20-29(30)25-10-4-3-5-11-25/h3-14,19,22-23H,15-18,20-21H2,1-2H3. The molecule has 3 aromatic carbocycles. The third-order valence-electron chi connectivity index (χ3n) is 7.85. The van der Waals surface area contributed by atoms with E-state index in [-0.39, 0.29) is 5.91 Å². The second-order valence-electron chi connectivity index (χ2n) is 10.3. The summed E-state index contributed by atoms with van der Waals surface area (Å²) in [4.78, 5) is 29.0. The molecule has 0 unspecified atom stereocenters. The van der Waals surface area contributed by atoms with Gasteiger partial charge in [0.2, 0.25) is 5.91 Å². The van der Waals surface area contributed by atoms with Gasteiger partial charge in [-0.3, -0.25) is 4.79 Å². The number of carbonyl (C=O) groups is 1. The van der Waals surface area contributed by atoms with Gasteiger partial charge in [0.25, 0.3) is 0 Å². The van der Waals surface area contributed by atoms with Crippen molar-refractivity contribution in [3.63, 3.8) is 0 Å². The SMILES string of the molecule is Cc1cccc(N(C)c2cc(N3CCN(C(=O)CC4=C(c5ccccc5)Cc5ccccc54)CC3)ncn2)c1. The van der Waals surface area contributed by atoms with E-state index in [0.717, 1.165) is 36.8 Å². The topological polar surface area (TPSA) is 52.6 Å². The van der Waals surface area contributed by atoms with Gasteiger partial charge in [-0.15, -0.1) is 0 Å². The molecule has 2 heterocycles. The summed E-state index contributed by atoms with van der Waals surface area (Å²) in [6.45, 7) is 4.95. The van der Waals surface area contributed by atoms with Crippen LogP contribution < -0.4 is 9.80 Å². The fraction of sp³-hybridized carbons (Fsp3) is 0.242. The maximum atomic E-state index is 13.6. The average molecular weight is 516 g/mol. The van der Waals surface area contributed by atoms with Crippen molar-refractivity contribution >= 4 is 34.4 Å². The first-order chi connectivity index (χ1) is 19.1. The number of allylic oxidation sites excluding steroid dienone is 1. The van der Waals surface area contributed by atoms with Crippen LogP contribution in [-0.4, -0.2) is 54.0 Å². The van der Waals surface area contributed by atoms with E-state index in [2.05, 4.69) is 99.5 Å². The third kappa shape index (κ3) is 5.15. The molecule has 1 saturated heterocycles. The second kappa shape index (κ2) is 10.7. The van der Waals surface area contributed by atoms with Crippen LogP contribution >= 0.6 is 0 Å². The van der Waals surface area contributed by atoms with E-state index in [4.69, 9.17) is 0 Å². The molecule has 0 radical (unpaired) electrons. The van der Waals surface area contributed by atoms with Crippen molar-refractivity contribution < 1.29 is 4.79 Å². The Labute approximate surface area is 230 Å². The highest BCUT2D eigenvalue weighted by atomic mass is 16.2. The summed E-state index contributed by atoms with van der Waals surface area (Å²) < 4.78 is 0. The van der Waals surface area contributed by atoms with Gasteiger partial charge in [-0.2, -0.15) is 0 Å². The Balaban J connectivity index is 1.14. The van der Waals surface area contributed by atoms with Gasteiger partial charge in [0.05, 0.1) is 6.42 Å². The Morgan fingerprint density at radius 1 is 0.872 bits per heavy atom. The van der Waals surface area contributed by atoms with E-state index in [9.17, 15) is 4.79 Å². The molecule has 0 spiro atoms. The fourth-order valence-corrected chi connectivity index (χ4v) is 5.66. The zero-order chi connectivity index (χ0) is 26.8. The number of hydrogen-bond acceptors (Lipinski definition) is 5. The zero-order valence-electron chi connectivity index (χ0n) is 22.5. The fourth-order valence-electron chi connectivity index (χ4n) is 5.66.